The summed E-state index contributed by atoms with van der Waals surface area (Å²) in [6.07, 6.45) is 2.24. The summed E-state index contributed by atoms with van der Waals surface area (Å²) in [4.78, 5) is 38.1. The van der Waals surface area contributed by atoms with Crippen LogP contribution in [0, 0.1) is 0 Å². The number of benzene rings is 1. The molecule has 2 aliphatic heterocycles. The summed E-state index contributed by atoms with van der Waals surface area (Å²) in [5.41, 5.74) is 2.45. The molecule has 1 aromatic heterocycles. The number of aromatic nitrogens is 2. The number of rotatable bonds is 2. The molecular weight excluding hydrogens is 396 g/mol. The van der Waals surface area contributed by atoms with E-state index in [2.05, 4.69) is 16.5 Å². The number of amides is 3. The number of nitrogens with zero attached hydrogens (tertiary/aromatic N) is 3. The SMILES string of the molecule is Cn1nc(C2CCC(=O)NC2=O)c2cccc(C3CCN(C(=O)OC(C)(C)C)CC3)c21. The quantitative estimate of drug-likeness (QED) is 0.745. The highest BCUT2D eigenvalue weighted by molar-refractivity contribution is 6.02. The number of carbonyl (C=O) groups is 3. The van der Waals surface area contributed by atoms with Gasteiger partial charge in [-0.2, -0.15) is 5.10 Å². The number of para-hydroxylation sites is 1. The Morgan fingerprint density at radius 1 is 1.16 bits per heavy atom. The number of likely N-dealkylation sites (tertiary alicyclic amines) is 1. The van der Waals surface area contributed by atoms with Crippen molar-refractivity contribution in [1.29, 1.82) is 0 Å². The van der Waals surface area contributed by atoms with Crippen molar-refractivity contribution in [2.45, 2.75) is 63.9 Å². The van der Waals surface area contributed by atoms with E-state index in [-0.39, 0.29) is 17.9 Å². The van der Waals surface area contributed by atoms with Crippen LogP contribution in [0.25, 0.3) is 10.9 Å². The Morgan fingerprint density at radius 2 is 1.87 bits per heavy atom. The molecule has 2 aliphatic rings. The fourth-order valence-corrected chi connectivity index (χ4v) is 4.64. The first-order valence-electron chi connectivity index (χ1n) is 10.9. The fourth-order valence-electron chi connectivity index (χ4n) is 4.64. The number of ether oxygens (including phenoxy) is 1. The number of hydrogen-bond donors (Lipinski definition) is 1. The van der Waals surface area contributed by atoms with Gasteiger partial charge in [-0.3, -0.25) is 19.6 Å². The zero-order valence-corrected chi connectivity index (χ0v) is 18.6. The molecule has 1 aromatic carbocycles. The molecule has 3 amide bonds. The second kappa shape index (κ2) is 7.98. The van der Waals surface area contributed by atoms with Gasteiger partial charge in [-0.15, -0.1) is 0 Å². The van der Waals surface area contributed by atoms with Gasteiger partial charge in [0.05, 0.1) is 17.1 Å². The third kappa shape index (κ3) is 4.29. The van der Waals surface area contributed by atoms with Crippen LogP contribution in [0.2, 0.25) is 0 Å². The monoisotopic (exact) mass is 426 g/mol. The Bertz CT molecular complexity index is 1030. The van der Waals surface area contributed by atoms with E-state index in [4.69, 9.17) is 4.74 Å². The summed E-state index contributed by atoms with van der Waals surface area (Å²) in [6.45, 7) is 6.92. The molecule has 8 heteroatoms. The van der Waals surface area contributed by atoms with Gasteiger partial charge in [0.25, 0.3) is 0 Å². The predicted octanol–water partition coefficient (Wildman–Crippen LogP) is 3.21. The van der Waals surface area contributed by atoms with Gasteiger partial charge < -0.3 is 9.64 Å². The van der Waals surface area contributed by atoms with Gasteiger partial charge in [0.15, 0.2) is 0 Å². The molecule has 2 aromatic rings. The average molecular weight is 427 g/mol. The minimum Gasteiger partial charge on any atom is -0.444 e. The maximum Gasteiger partial charge on any atom is 0.410 e. The second-order valence-electron chi connectivity index (χ2n) is 9.50. The zero-order chi connectivity index (χ0) is 22.3. The lowest BCUT2D eigenvalue weighted by molar-refractivity contribution is -0.134. The van der Waals surface area contributed by atoms with E-state index in [9.17, 15) is 14.4 Å². The lowest BCUT2D eigenvalue weighted by Crippen LogP contribution is -2.41. The Labute approximate surface area is 181 Å². The van der Waals surface area contributed by atoms with Crippen LogP contribution in [0.15, 0.2) is 18.2 Å². The normalized spacial score (nSPS) is 20.8. The van der Waals surface area contributed by atoms with Crippen LogP contribution in [0.1, 0.15) is 69.5 Å². The van der Waals surface area contributed by atoms with Gasteiger partial charge in [0, 0.05) is 31.9 Å². The largest absolute Gasteiger partial charge is 0.444 e. The molecule has 2 saturated heterocycles. The number of carbonyl (C=O) groups excluding carboxylic acids is 3. The van der Waals surface area contributed by atoms with E-state index in [1.807, 2.05) is 44.6 Å². The Morgan fingerprint density at radius 3 is 2.52 bits per heavy atom. The van der Waals surface area contributed by atoms with Crippen molar-refractivity contribution in [3.05, 3.63) is 29.5 Å². The first-order chi connectivity index (χ1) is 14.6. The predicted molar refractivity (Wildman–Crippen MR) is 116 cm³/mol. The van der Waals surface area contributed by atoms with Crippen molar-refractivity contribution < 1.29 is 19.1 Å². The maximum atomic E-state index is 12.4. The van der Waals surface area contributed by atoms with Crippen molar-refractivity contribution in [3.8, 4) is 0 Å². The molecule has 0 bridgehead atoms. The van der Waals surface area contributed by atoms with Gasteiger partial charge >= 0.3 is 6.09 Å². The smallest absolute Gasteiger partial charge is 0.410 e. The molecule has 0 radical (unpaired) electrons. The Hall–Kier alpha value is -2.90. The molecule has 1 atom stereocenters. The molecule has 1 unspecified atom stereocenters. The first kappa shape index (κ1) is 21.3. The summed E-state index contributed by atoms with van der Waals surface area (Å²) >= 11 is 0. The Balaban J connectivity index is 1.56. The summed E-state index contributed by atoms with van der Waals surface area (Å²) in [5, 5.41) is 8.08. The highest BCUT2D eigenvalue weighted by Gasteiger charge is 2.33. The van der Waals surface area contributed by atoms with Gasteiger partial charge in [-0.05, 0) is 51.5 Å². The molecule has 1 N–H and O–H groups in total. The fraction of sp³-hybridized carbons (Fsp3) is 0.565. The standard InChI is InChI=1S/C23H30N4O4/c1-23(2,3)31-22(30)27-12-10-14(11-13-27)15-6-5-7-16-19(25-26(4)20(15)16)17-8-9-18(28)24-21(17)29/h5-7,14,17H,8-13H2,1-4H3,(H,24,28,29). The third-order valence-corrected chi connectivity index (χ3v) is 6.08. The minimum absolute atomic E-state index is 0.223. The van der Waals surface area contributed by atoms with Crippen LogP contribution in [-0.2, 0) is 21.4 Å². The number of nitrogens with one attached hydrogen (secondary N) is 1. The van der Waals surface area contributed by atoms with Crippen molar-refractivity contribution in [2.24, 2.45) is 7.05 Å². The van der Waals surface area contributed by atoms with Gasteiger partial charge in [0.1, 0.15) is 5.60 Å². The van der Waals surface area contributed by atoms with E-state index >= 15 is 0 Å². The van der Waals surface area contributed by atoms with Crippen LogP contribution in [0.5, 0.6) is 0 Å². The van der Waals surface area contributed by atoms with Gasteiger partial charge in [-0.1, -0.05) is 18.2 Å². The number of hydrogen-bond acceptors (Lipinski definition) is 5. The van der Waals surface area contributed by atoms with E-state index in [0.717, 1.165) is 29.4 Å². The van der Waals surface area contributed by atoms with Crippen molar-refractivity contribution >= 4 is 28.8 Å². The molecule has 0 saturated carbocycles. The molecular formula is C23H30N4O4. The van der Waals surface area contributed by atoms with Crippen LogP contribution >= 0.6 is 0 Å². The topological polar surface area (TPSA) is 93.5 Å². The van der Waals surface area contributed by atoms with E-state index in [1.54, 1.807) is 4.90 Å². The summed E-state index contributed by atoms with van der Waals surface area (Å²) in [5.74, 6) is -0.607. The number of imide groups is 1. The summed E-state index contributed by atoms with van der Waals surface area (Å²) in [7, 11) is 1.90. The highest BCUT2D eigenvalue weighted by atomic mass is 16.6. The average Bonchev–Trinajstić information content (AvgIpc) is 3.03. The number of fused-ring (bicyclic) bond motifs is 1. The lowest BCUT2D eigenvalue weighted by atomic mass is 9.86. The van der Waals surface area contributed by atoms with Crippen LogP contribution < -0.4 is 5.32 Å². The maximum absolute atomic E-state index is 12.4. The van der Waals surface area contributed by atoms with E-state index in [0.29, 0.717) is 31.8 Å². The van der Waals surface area contributed by atoms with Crippen molar-refractivity contribution in [2.75, 3.05) is 13.1 Å². The van der Waals surface area contributed by atoms with Crippen LogP contribution in [-0.4, -0.2) is 51.3 Å². The van der Waals surface area contributed by atoms with Gasteiger partial charge in [-0.25, -0.2) is 4.79 Å². The van der Waals surface area contributed by atoms with Crippen LogP contribution in [0.3, 0.4) is 0 Å². The number of aryl methyl sites for hydroxylation is 1. The third-order valence-electron chi connectivity index (χ3n) is 6.08. The van der Waals surface area contributed by atoms with Gasteiger partial charge in [0.2, 0.25) is 11.8 Å². The molecule has 31 heavy (non-hydrogen) atoms. The summed E-state index contributed by atoms with van der Waals surface area (Å²) < 4.78 is 7.36. The molecule has 3 heterocycles. The molecule has 2 fully saturated rings. The zero-order valence-electron chi connectivity index (χ0n) is 18.6. The van der Waals surface area contributed by atoms with Crippen molar-refractivity contribution in [1.82, 2.24) is 20.0 Å². The lowest BCUT2D eigenvalue weighted by Gasteiger charge is -2.33. The molecule has 0 aliphatic carbocycles. The molecule has 0 spiro atoms. The minimum atomic E-state index is -0.499. The highest BCUT2D eigenvalue weighted by Crippen LogP contribution is 2.37. The first-order valence-corrected chi connectivity index (χ1v) is 10.9. The Kier molecular flexibility index (Phi) is 5.49. The molecule has 8 nitrogen and oxygen atoms in total. The van der Waals surface area contributed by atoms with Crippen LogP contribution in [0.4, 0.5) is 4.79 Å². The second-order valence-corrected chi connectivity index (χ2v) is 9.50. The number of piperidine rings is 2. The molecule has 166 valence electrons. The van der Waals surface area contributed by atoms with Crippen molar-refractivity contribution in [3.63, 3.8) is 0 Å². The van der Waals surface area contributed by atoms with E-state index < -0.39 is 11.5 Å². The van der Waals surface area contributed by atoms with E-state index in [1.165, 1.54) is 5.56 Å². The molecule has 4 rings (SSSR count). The summed E-state index contributed by atoms with van der Waals surface area (Å²) in [6, 6.07) is 6.13.